The van der Waals surface area contributed by atoms with E-state index in [1.54, 1.807) is 19.2 Å². The number of nitrogens with one attached hydrogen (secondary N) is 1. The van der Waals surface area contributed by atoms with E-state index in [4.69, 9.17) is 22.1 Å². The fourth-order valence-corrected chi connectivity index (χ4v) is 3.81. The maximum Gasteiger partial charge on any atom is 0.221 e. The predicted octanol–water partition coefficient (Wildman–Crippen LogP) is 4.23. The van der Waals surface area contributed by atoms with Crippen LogP contribution in [0.4, 0.5) is 17.1 Å². The summed E-state index contributed by atoms with van der Waals surface area (Å²) < 4.78 is 6.29. The second-order valence-corrected chi connectivity index (χ2v) is 7.58. The lowest BCUT2D eigenvalue weighted by atomic mass is 10.2. The van der Waals surface area contributed by atoms with Crippen LogP contribution in [0.25, 0.3) is 16.7 Å². The van der Waals surface area contributed by atoms with E-state index >= 15 is 0 Å². The molecule has 0 aliphatic heterocycles. The number of ether oxygens (including phenoxy) is 1. The van der Waals surface area contributed by atoms with E-state index in [1.165, 1.54) is 11.7 Å². The summed E-state index contributed by atoms with van der Waals surface area (Å²) in [5, 5.41) is 12.2. The Bertz CT molecular complexity index is 1080. The molecular weight excluding hydrogens is 460 g/mol. The van der Waals surface area contributed by atoms with Crippen molar-refractivity contribution in [2.75, 3.05) is 36.1 Å². The summed E-state index contributed by atoms with van der Waals surface area (Å²) in [5.41, 5.74) is 9.32. The number of hydrogen-bond acceptors (Lipinski definition) is 6. The van der Waals surface area contributed by atoms with Crippen molar-refractivity contribution in [3.63, 3.8) is 0 Å². The average Bonchev–Trinajstić information content (AvgIpc) is 3.13. The SMILES string of the molecule is CCN(CC)c1cc(NC(C)=O)c(-n2nc3c(Br)cc(N)c(Cl)c3n2)cc1OC. The van der Waals surface area contributed by atoms with Crippen molar-refractivity contribution >= 4 is 61.5 Å². The molecule has 1 heterocycles. The molecule has 2 aromatic carbocycles. The number of nitrogens with zero attached hydrogens (tertiary/aromatic N) is 4. The van der Waals surface area contributed by atoms with Gasteiger partial charge in [0.25, 0.3) is 0 Å². The van der Waals surface area contributed by atoms with Crippen LogP contribution < -0.4 is 20.7 Å². The van der Waals surface area contributed by atoms with Crippen LogP contribution in [0.1, 0.15) is 20.8 Å². The minimum atomic E-state index is -0.206. The van der Waals surface area contributed by atoms with Crippen molar-refractivity contribution in [3.05, 3.63) is 27.7 Å². The number of aromatic nitrogens is 3. The number of nitrogen functional groups attached to an aromatic ring is 1. The van der Waals surface area contributed by atoms with Gasteiger partial charge in [-0.3, -0.25) is 4.79 Å². The number of hydrogen-bond donors (Lipinski definition) is 2. The minimum absolute atomic E-state index is 0.206. The van der Waals surface area contributed by atoms with Crippen LogP contribution in [-0.4, -0.2) is 41.1 Å². The van der Waals surface area contributed by atoms with Gasteiger partial charge in [-0.25, -0.2) is 0 Å². The van der Waals surface area contributed by atoms with Crippen LogP contribution in [-0.2, 0) is 4.79 Å². The molecule has 1 aromatic heterocycles. The van der Waals surface area contributed by atoms with Gasteiger partial charge < -0.3 is 20.7 Å². The number of fused-ring (bicyclic) bond motifs is 1. The van der Waals surface area contributed by atoms with Crippen LogP contribution in [0, 0.1) is 0 Å². The molecule has 3 rings (SSSR count). The number of benzene rings is 2. The van der Waals surface area contributed by atoms with Gasteiger partial charge >= 0.3 is 0 Å². The van der Waals surface area contributed by atoms with Gasteiger partial charge in [0, 0.05) is 30.6 Å². The zero-order valence-electron chi connectivity index (χ0n) is 16.6. The Balaban J connectivity index is 2.27. The van der Waals surface area contributed by atoms with E-state index in [0.29, 0.717) is 43.3 Å². The lowest BCUT2D eigenvalue weighted by Crippen LogP contribution is -2.23. The van der Waals surface area contributed by atoms with Crippen molar-refractivity contribution in [2.45, 2.75) is 20.8 Å². The first-order chi connectivity index (χ1) is 13.8. The van der Waals surface area contributed by atoms with E-state index in [2.05, 4.69) is 50.2 Å². The predicted molar refractivity (Wildman–Crippen MR) is 120 cm³/mol. The van der Waals surface area contributed by atoms with Gasteiger partial charge in [0.1, 0.15) is 22.5 Å². The first-order valence-corrected chi connectivity index (χ1v) is 10.2. The van der Waals surface area contributed by atoms with Crippen LogP contribution in [0.2, 0.25) is 5.02 Å². The van der Waals surface area contributed by atoms with E-state index in [9.17, 15) is 4.79 Å². The molecule has 0 fully saturated rings. The van der Waals surface area contributed by atoms with Gasteiger partial charge in [-0.1, -0.05) is 11.6 Å². The normalized spacial score (nSPS) is 11.0. The lowest BCUT2D eigenvalue weighted by Gasteiger charge is -2.25. The summed E-state index contributed by atoms with van der Waals surface area (Å²) in [5.74, 6) is 0.436. The maximum atomic E-state index is 11.8. The summed E-state index contributed by atoms with van der Waals surface area (Å²) in [4.78, 5) is 15.4. The third-order valence-electron chi connectivity index (χ3n) is 4.51. The zero-order valence-corrected chi connectivity index (χ0v) is 18.9. The lowest BCUT2D eigenvalue weighted by molar-refractivity contribution is -0.114. The molecule has 0 spiro atoms. The first-order valence-electron chi connectivity index (χ1n) is 9.06. The second kappa shape index (κ2) is 8.46. The molecule has 0 aliphatic carbocycles. The molecule has 154 valence electrons. The van der Waals surface area contributed by atoms with Gasteiger partial charge in [-0.05, 0) is 41.9 Å². The number of nitrogens with two attached hydrogens (primary N) is 1. The highest BCUT2D eigenvalue weighted by Crippen LogP contribution is 2.38. The Morgan fingerprint density at radius 1 is 1.28 bits per heavy atom. The Hall–Kier alpha value is -2.52. The summed E-state index contributed by atoms with van der Waals surface area (Å²) in [6.07, 6.45) is 0. The van der Waals surface area contributed by atoms with Crippen LogP contribution >= 0.6 is 27.5 Å². The number of halogens is 2. The molecule has 0 bridgehead atoms. The number of amides is 1. The van der Waals surface area contributed by atoms with E-state index in [1.807, 2.05) is 6.07 Å². The van der Waals surface area contributed by atoms with Crippen molar-refractivity contribution in [1.29, 1.82) is 0 Å². The second-order valence-electron chi connectivity index (χ2n) is 6.34. The summed E-state index contributed by atoms with van der Waals surface area (Å²) in [6, 6.07) is 5.34. The molecule has 1 amide bonds. The molecule has 0 aliphatic rings. The minimum Gasteiger partial charge on any atom is -0.494 e. The van der Waals surface area contributed by atoms with Gasteiger partial charge in [-0.2, -0.15) is 0 Å². The Labute approximate surface area is 182 Å². The molecule has 10 heteroatoms. The molecule has 0 unspecified atom stereocenters. The highest BCUT2D eigenvalue weighted by molar-refractivity contribution is 9.10. The number of carbonyl (C=O) groups is 1. The van der Waals surface area contributed by atoms with Crippen LogP contribution in [0.3, 0.4) is 0 Å². The smallest absolute Gasteiger partial charge is 0.221 e. The highest BCUT2D eigenvalue weighted by atomic mass is 79.9. The molecule has 0 saturated carbocycles. The molecule has 0 saturated heterocycles. The van der Waals surface area contributed by atoms with E-state index in [0.717, 1.165) is 18.8 Å². The van der Waals surface area contributed by atoms with Crippen molar-refractivity contribution in [2.24, 2.45) is 0 Å². The molecule has 0 radical (unpaired) electrons. The average molecular weight is 482 g/mol. The first kappa shape index (κ1) is 21.2. The van der Waals surface area contributed by atoms with Crippen molar-refractivity contribution in [1.82, 2.24) is 15.0 Å². The monoisotopic (exact) mass is 480 g/mol. The third-order valence-corrected chi connectivity index (χ3v) is 5.51. The standard InChI is InChI=1S/C19H22BrClN6O2/c1-5-26(6-2)15-8-13(23-10(3)28)14(9-16(15)29-4)27-24-18-11(20)7-12(22)17(21)19(18)25-27/h7-9H,5-6,22H2,1-4H3,(H,23,28). The van der Waals surface area contributed by atoms with Gasteiger partial charge in [0.05, 0.1) is 29.2 Å². The van der Waals surface area contributed by atoms with Crippen LogP contribution in [0.15, 0.2) is 22.7 Å². The molecule has 29 heavy (non-hydrogen) atoms. The van der Waals surface area contributed by atoms with Crippen LogP contribution in [0.5, 0.6) is 5.75 Å². The highest BCUT2D eigenvalue weighted by Gasteiger charge is 2.20. The van der Waals surface area contributed by atoms with Crippen molar-refractivity contribution in [3.8, 4) is 11.4 Å². The summed E-state index contributed by atoms with van der Waals surface area (Å²) >= 11 is 9.77. The number of carbonyl (C=O) groups excluding carboxylic acids is 1. The zero-order chi connectivity index (χ0) is 21.3. The van der Waals surface area contributed by atoms with Gasteiger partial charge in [0.2, 0.25) is 5.91 Å². The Morgan fingerprint density at radius 2 is 1.93 bits per heavy atom. The molecule has 3 N–H and O–H groups in total. The quantitative estimate of drug-likeness (QED) is 0.511. The van der Waals surface area contributed by atoms with E-state index < -0.39 is 0 Å². The molecule has 0 atom stereocenters. The molecule has 8 nitrogen and oxygen atoms in total. The Kier molecular flexibility index (Phi) is 6.18. The largest absolute Gasteiger partial charge is 0.494 e. The van der Waals surface area contributed by atoms with Gasteiger partial charge in [0.15, 0.2) is 0 Å². The Morgan fingerprint density at radius 3 is 2.52 bits per heavy atom. The summed E-state index contributed by atoms with van der Waals surface area (Å²) in [7, 11) is 1.60. The third kappa shape index (κ3) is 3.97. The fraction of sp³-hybridized carbons (Fsp3) is 0.316. The summed E-state index contributed by atoms with van der Waals surface area (Å²) in [6.45, 7) is 7.14. The number of methoxy groups -OCH3 is 1. The van der Waals surface area contributed by atoms with E-state index in [-0.39, 0.29) is 5.91 Å². The number of anilines is 3. The molecular formula is C19H22BrClN6O2. The van der Waals surface area contributed by atoms with Gasteiger partial charge in [-0.15, -0.1) is 15.0 Å². The fourth-order valence-electron chi connectivity index (χ4n) is 3.12. The molecule has 3 aromatic rings. The van der Waals surface area contributed by atoms with Crippen molar-refractivity contribution < 1.29 is 9.53 Å². The maximum absolute atomic E-state index is 11.8. The topological polar surface area (TPSA) is 98.3 Å². The number of rotatable bonds is 6.